The predicted octanol–water partition coefficient (Wildman–Crippen LogP) is 10.7. The summed E-state index contributed by atoms with van der Waals surface area (Å²) >= 11 is 1.30. The molecule has 0 heterocycles. The van der Waals surface area contributed by atoms with Crippen molar-refractivity contribution in [3.8, 4) is 11.1 Å². The molecule has 3 heteroatoms. The zero-order valence-electron chi connectivity index (χ0n) is 26.1. The van der Waals surface area contributed by atoms with Crippen molar-refractivity contribution in [2.45, 2.75) is 65.7 Å². The van der Waals surface area contributed by atoms with Gasteiger partial charge in [-0.15, -0.1) is 43.4 Å². The zero-order valence-corrected chi connectivity index (χ0v) is 30.2. The summed E-state index contributed by atoms with van der Waals surface area (Å²) in [5.41, 5.74) is 13.0. The molecule has 1 unspecified atom stereocenters. The van der Waals surface area contributed by atoms with Crippen molar-refractivity contribution in [3.63, 3.8) is 0 Å². The molecule has 42 heavy (non-hydrogen) atoms. The fourth-order valence-electron chi connectivity index (χ4n) is 5.50. The maximum absolute atomic E-state index is 3.50. The van der Waals surface area contributed by atoms with Crippen molar-refractivity contribution in [3.05, 3.63) is 137 Å². The van der Waals surface area contributed by atoms with Crippen LogP contribution in [-0.4, -0.2) is 4.21 Å². The van der Waals surface area contributed by atoms with Gasteiger partial charge in [-0.1, -0.05) is 70.2 Å². The van der Waals surface area contributed by atoms with Gasteiger partial charge < -0.3 is 6.92 Å². The fraction of sp³-hybridized carbons (Fsp3) is 0.282. The molecule has 3 aromatic carbocycles. The number of hydrogen-bond acceptors (Lipinski definition) is 0. The Morgan fingerprint density at radius 2 is 1.40 bits per heavy atom. The van der Waals surface area contributed by atoms with Crippen LogP contribution in [0.3, 0.4) is 0 Å². The summed E-state index contributed by atoms with van der Waals surface area (Å²) in [5.74, 6) is 0.556. The van der Waals surface area contributed by atoms with Gasteiger partial charge in [-0.3, -0.25) is 12.2 Å². The van der Waals surface area contributed by atoms with Crippen molar-refractivity contribution in [2.24, 2.45) is 5.92 Å². The van der Waals surface area contributed by atoms with Gasteiger partial charge in [0.05, 0.1) is 0 Å². The SMILES string of the molecule is CC1(C)[C-]=Cc2cc3c(cc21)Cc1cc2c(cc1-3)C=CC2(C)C.CC1=CC(C)[C-]=C1.Cl.Cl.[CH2-]C.[CH2]=[Zr].[c-]1ccccc1. The van der Waals surface area contributed by atoms with E-state index >= 15 is 0 Å². The molecule has 0 spiro atoms. The van der Waals surface area contributed by atoms with Crippen LogP contribution in [0.25, 0.3) is 23.3 Å². The van der Waals surface area contributed by atoms with Gasteiger partial charge in [0.15, 0.2) is 0 Å². The summed E-state index contributed by atoms with van der Waals surface area (Å²) in [5, 5.41) is 0. The third-order valence-electron chi connectivity index (χ3n) is 7.55. The molecule has 0 fully saturated rings. The van der Waals surface area contributed by atoms with Gasteiger partial charge in [0.2, 0.25) is 0 Å². The Hall–Kier alpha value is -2.05. The van der Waals surface area contributed by atoms with Crippen molar-refractivity contribution in [1.82, 2.24) is 0 Å². The first-order chi connectivity index (χ1) is 19.1. The van der Waals surface area contributed by atoms with Gasteiger partial charge in [0.25, 0.3) is 0 Å². The molecule has 0 saturated carbocycles. The molecule has 0 amide bonds. The molecule has 0 saturated heterocycles. The summed E-state index contributed by atoms with van der Waals surface area (Å²) in [6.45, 7) is 18.4. The van der Waals surface area contributed by atoms with Crippen molar-refractivity contribution in [2.75, 3.05) is 0 Å². The van der Waals surface area contributed by atoms with Gasteiger partial charge in [0.1, 0.15) is 0 Å². The number of halogens is 2. The molecule has 0 aromatic heterocycles. The van der Waals surface area contributed by atoms with Crippen molar-refractivity contribution in [1.29, 1.82) is 0 Å². The molecule has 0 radical (unpaired) electrons. The Labute approximate surface area is 283 Å². The van der Waals surface area contributed by atoms with Crippen LogP contribution in [0.5, 0.6) is 0 Å². The molecule has 1 atom stereocenters. The first kappa shape index (κ1) is 38.0. The Balaban J connectivity index is 0.000000386. The minimum absolute atomic E-state index is 0. The summed E-state index contributed by atoms with van der Waals surface area (Å²) in [7, 11) is 0. The number of allylic oxidation sites excluding steroid dienone is 6. The van der Waals surface area contributed by atoms with Crippen LogP contribution in [0.2, 0.25) is 0 Å². The van der Waals surface area contributed by atoms with E-state index in [-0.39, 0.29) is 35.6 Å². The van der Waals surface area contributed by atoms with Crippen LogP contribution in [0, 0.1) is 31.1 Å². The zero-order chi connectivity index (χ0) is 29.5. The second kappa shape index (κ2) is 16.7. The van der Waals surface area contributed by atoms with Gasteiger partial charge in [-0.25, -0.2) is 17.7 Å². The number of rotatable bonds is 0. The Kier molecular flexibility index (Phi) is 15.1. The first-order valence-corrected chi connectivity index (χ1v) is 15.8. The Bertz CT molecular complexity index is 1330. The van der Waals surface area contributed by atoms with Gasteiger partial charge >= 0.3 is 28.4 Å². The Morgan fingerprint density at radius 1 is 0.833 bits per heavy atom. The van der Waals surface area contributed by atoms with Crippen molar-refractivity contribution >= 4 is 41.2 Å². The van der Waals surface area contributed by atoms with Gasteiger partial charge in [0, 0.05) is 5.41 Å². The minimum atomic E-state index is 0. The average Bonchev–Trinajstić information content (AvgIpc) is 3.69. The van der Waals surface area contributed by atoms with E-state index in [9.17, 15) is 0 Å². The van der Waals surface area contributed by atoms with Crippen molar-refractivity contribution < 1.29 is 24.2 Å². The van der Waals surface area contributed by atoms with E-state index in [1.54, 1.807) is 6.92 Å². The van der Waals surface area contributed by atoms with Crippen LogP contribution in [0.4, 0.5) is 0 Å². The minimum Gasteiger partial charge on any atom is -0.184 e. The van der Waals surface area contributed by atoms with Crippen LogP contribution < -0.4 is 0 Å². The fourth-order valence-corrected chi connectivity index (χ4v) is 5.50. The monoisotopic (exact) mass is 672 g/mol. The largest absolute Gasteiger partial charge is 0.184 e. The smallest absolute Gasteiger partial charge is 0.171 e. The summed E-state index contributed by atoms with van der Waals surface area (Å²) in [6.07, 6.45) is 18.7. The number of benzene rings is 3. The van der Waals surface area contributed by atoms with E-state index in [4.69, 9.17) is 0 Å². The molecular weight excluding hydrogens is 631 g/mol. The van der Waals surface area contributed by atoms with Crippen LogP contribution in [0.15, 0.2) is 78.4 Å². The molecule has 3 aromatic rings. The second-order valence-electron chi connectivity index (χ2n) is 11.4. The average molecular weight is 675 g/mol. The van der Waals surface area contributed by atoms with E-state index in [1.165, 1.54) is 74.3 Å². The van der Waals surface area contributed by atoms with Gasteiger partial charge in [-0.2, -0.15) is 55.0 Å². The standard InChI is InChI=1S/C23H21.C7H9.C6H5.C2H5.CH2.2ClH.Zr/c1-22(2)7-5-14-10-18-16(12-20(14)22)9-17-13-21-15(11-19(17)18)6-8-23(21,3)4;1-6-3-4-7(2)5-6;1-2-4-6-5-3-1;1-2;;;;/h5-7,10-13H,9H2,1-4H3;3,5,7H,1-2H3;1-5H;1H2,2H3;1H2;2*1H;/q4*-1;;;;. The maximum Gasteiger partial charge on any atom is -0.171 e. The van der Waals surface area contributed by atoms with E-state index in [0.29, 0.717) is 5.92 Å². The molecule has 0 bridgehead atoms. The summed E-state index contributed by atoms with van der Waals surface area (Å²) in [6, 6.07) is 22.2. The molecule has 0 nitrogen and oxygen atoms in total. The number of fused-ring (bicyclic) bond motifs is 5. The summed E-state index contributed by atoms with van der Waals surface area (Å²) < 4.78 is 3.34. The third kappa shape index (κ3) is 8.75. The molecular formula is C39H44Cl2Zr-4. The first-order valence-electron chi connectivity index (χ1n) is 14.0. The predicted molar refractivity (Wildman–Crippen MR) is 186 cm³/mol. The quantitative estimate of drug-likeness (QED) is 0.163. The van der Waals surface area contributed by atoms with Crippen LogP contribution in [-0.2, 0) is 41.5 Å². The maximum atomic E-state index is 3.50. The Morgan fingerprint density at radius 3 is 1.86 bits per heavy atom. The van der Waals surface area contributed by atoms with Crippen LogP contribution in [0.1, 0.15) is 81.8 Å². The molecule has 0 aliphatic heterocycles. The van der Waals surface area contributed by atoms with E-state index in [0.717, 1.165) is 6.42 Å². The number of hydrogen-bond donors (Lipinski definition) is 0. The van der Waals surface area contributed by atoms with Crippen LogP contribution >= 0.6 is 24.8 Å². The van der Waals surface area contributed by atoms with E-state index in [2.05, 4.69) is 119 Å². The normalized spacial score (nSPS) is 17.2. The summed E-state index contributed by atoms with van der Waals surface area (Å²) in [4.78, 5) is 0. The third-order valence-corrected chi connectivity index (χ3v) is 7.55. The molecule has 222 valence electrons. The second-order valence-corrected chi connectivity index (χ2v) is 11.4. The molecule has 0 N–H and O–H groups in total. The molecule has 7 rings (SSSR count). The van der Waals surface area contributed by atoms with Gasteiger partial charge in [-0.05, 0) is 45.9 Å². The topological polar surface area (TPSA) is 0 Å². The molecule has 4 aliphatic rings. The van der Waals surface area contributed by atoms with E-state index < -0.39 is 0 Å². The molecule has 4 aliphatic carbocycles. The van der Waals surface area contributed by atoms with E-state index in [1.807, 2.05) is 36.4 Å².